The van der Waals surface area contributed by atoms with E-state index in [-0.39, 0.29) is 0 Å². The first-order valence-electron chi connectivity index (χ1n) is 9.04. The number of hydrogen-bond acceptors (Lipinski definition) is 0. The Morgan fingerprint density at radius 2 is 1.11 bits per heavy atom. The maximum absolute atomic E-state index is 5.39. The second kappa shape index (κ2) is 10.5. The molecule has 27 heavy (non-hydrogen) atoms. The van der Waals surface area contributed by atoms with Gasteiger partial charge in [0.15, 0.2) is 0 Å². The van der Waals surface area contributed by atoms with Crippen LogP contribution in [0.2, 0.25) is 0 Å². The van der Waals surface area contributed by atoms with Gasteiger partial charge in [-0.2, -0.15) is 12.1 Å². The molecule has 0 amide bonds. The molecule has 0 fully saturated rings. The molecule has 0 spiro atoms. The molecule has 0 aliphatic heterocycles. The van der Waals surface area contributed by atoms with E-state index in [4.69, 9.17) is 17.2 Å². The number of aryl methyl sites for hydroxylation is 4. The molecular formula is C24H26Cl2Hf-2. The molecule has 0 atom stereocenters. The number of fused-ring (bicyclic) bond motifs is 2. The molecule has 0 bridgehead atoms. The van der Waals surface area contributed by atoms with Crippen molar-refractivity contribution in [1.82, 2.24) is 0 Å². The van der Waals surface area contributed by atoms with Gasteiger partial charge in [-0.1, -0.05) is 37.1 Å². The topological polar surface area (TPSA) is 0 Å². The number of benzene rings is 2. The fraction of sp³-hybridized carbons (Fsp3) is 0.208. The van der Waals surface area contributed by atoms with Gasteiger partial charge in [0, 0.05) is 0 Å². The summed E-state index contributed by atoms with van der Waals surface area (Å²) in [6.45, 7) is 10.5. The first-order chi connectivity index (χ1) is 12.8. The summed E-state index contributed by atoms with van der Waals surface area (Å²) in [4.78, 5) is 0. The number of rotatable bonds is 0. The summed E-state index contributed by atoms with van der Waals surface area (Å²) in [5, 5.41) is 5.51. The second-order valence-electron chi connectivity index (χ2n) is 6.80. The number of halogens is 2. The molecule has 0 saturated carbocycles. The van der Waals surface area contributed by atoms with Crippen LogP contribution in [0.15, 0.2) is 60.7 Å². The summed E-state index contributed by atoms with van der Waals surface area (Å²) in [7, 11) is 10.8. The molecule has 0 aromatic heterocycles. The minimum absolute atomic E-state index is 1.36. The predicted molar refractivity (Wildman–Crippen MR) is 121 cm³/mol. The van der Waals surface area contributed by atoms with Gasteiger partial charge in [-0.05, 0) is 13.8 Å². The largest absolute Gasteiger partial charge is 0.165 e. The maximum atomic E-state index is 5.39. The fourth-order valence-electron chi connectivity index (χ4n) is 3.08. The molecular weight excluding hydrogens is 538 g/mol. The summed E-state index contributed by atoms with van der Waals surface area (Å²) in [6.07, 6.45) is 0. The van der Waals surface area contributed by atoms with Gasteiger partial charge in [0.2, 0.25) is 0 Å². The van der Waals surface area contributed by atoms with E-state index >= 15 is 0 Å². The van der Waals surface area contributed by atoms with Gasteiger partial charge in [-0.15, -0.1) is 69.1 Å². The average molecular weight is 564 g/mol. The van der Waals surface area contributed by atoms with Crippen LogP contribution in [0, 0.1) is 27.7 Å². The van der Waals surface area contributed by atoms with Gasteiger partial charge in [0.1, 0.15) is 0 Å². The molecule has 4 aromatic carbocycles. The quantitative estimate of drug-likeness (QED) is 0.150. The van der Waals surface area contributed by atoms with Crippen LogP contribution in [0.1, 0.15) is 29.2 Å². The summed E-state index contributed by atoms with van der Waals surface area (Å²) >= 11 is -1.88. The van der Waals surface area contributed by atoms with E-state index in [1.165, 1.54) is 43.8 Å². The molecule has 142 valence electrons. The van der Waals surface area contributed by atoms with Crippen molar-refractivity contribution in [3.63, 3.8) is 0 Å². The normalized spacial score (nSPS) is 10.0. The van der Waals surface area contributed by atoms with Gasteiger partial charge in [-0.3, -0.25) is 0 Å². The molecule has 0 saturated heterocycles. The van der Waals surface area contributed by atoms with Crippen molar-refractivity contribution < 1.29 is 18.6 Å². The molecule has 3 heteroatoms. The second-order valence-corrected chi connectivity index (χ2v) is 19.2. The minimum atomic E-state index is -1.88. The minimum Gasteiger partial charge on any atom is -0.165 e. The SMILES string of the molecule is C[CH]=[Hf]([Cl])[Cl].Cc1cc2c(C)cccc2[cH-]1.Cc1cc2c(C)cccc2[cH-]1. The Balaban J connectivity index is 0.000000157. The molecule has 4 rings (SSSR count). The first-order valence-corrected chi connectivity index (χ1v) is 20.0. The van der Waals surface area contributed by atoms with E-state index in [9.17, 15) is 0 Å². The predicted octanol–water partition coefficient (Wildman–Crippen LogP) is 8.09. The van der Waals surface area contributed by atoms with E-state index in [0.717, 1.165) is 0 Å². The van der Waals surface area contributed by atoms with Crippen LogP contribution in [-0.2, 0) is 18.6 Å². The monoisotopic (exact) mass is 564 g/mol. The van der Waals surface area contributed by atoms with E-state index in [1.807, 2.05) is 10.7 Å². The van der Waals surface area contributed by atoms with Crippen molar-refractivity contribution in [3.05, 3.63) is 82.9 Å². The summed E-state index contributed by atoms with van der Waals surface area (Å²) < 4.78 is 1.91. The Kier molecular flexibility index (Phi) is 8.66. The van der Waals surface area contributed by atoms with E-state index in [2.05, 4.69) is 88.4 Å². The van der Waals surface area contributed by atoms with Gasteiger partial charge in [0.25, 0.3) is 0 Å². The van der Waals surface area contributed by atoms with Gasteiger partial charge in [-0.25, -0.2) is 0 Å². The number of hydrogen-bond donors (Lipinski definition) is 0. The fourth-order valence-corrected chi connectivity index (χ4v) is 3.08. The summed E-state index contributed by atoms with van der Waals surface area (Å²) in [5.74, 6) is 0. The Bertz CT molecular complexity index is 969. The van der Waals surface area contributed by atoms with Crippen LogP contribution >= 0.6 is 17.2 Å². The van der Waals surface area contributed by atoms with Crippen LogP contribution < -0.4 is 0 Å². The van der Waals surface area contributed by atoms with Crippen molar-refractivity contribution in [2.45, 2.75) is 34.6 Å². The van der Waals surface area contributed by atoms with Gasteiger partial charge >= 0.3 is 46.4 Å². The van der Waals surface area contributed by atoms with Crippen molar-refractivity contribution in [2.24, 2.45) is 0 Å². The Morgan fingerprint density at radius 1 is 0.741 bits per heavy atom. The van der Waals surface area contributed by atoms with Crippen LogP contribution in [0.4, 0.5) is 0 Å². The molecule has 0 aliphatic rings. The molecule has 0 radical (unpaired) electrons. The molecule has 0 N–H and O–H groups in total. The summed E-state index contributed by atoms with van der Waals surface area (Å²) in [6, 6.07) is 21.8. The zero-order valence-corrected chi connectivity index (χ0v) is 21.7. The van der Waals surface area contributed by atoms with Gasteiger partial charge in [0.05, 0.1) is 0 Å². The summed E-state index contributed by atoms with van der Waals surface area (Å²) in [5.41, 5.74) is 5.45. The van der Waals surface area contributed by atoms with Crippen molar-refractivity contribution >= 4 is 42.5 Å². The Morgan fingerprint density at radius 3 is 1.41 bits per heavy atom. The smallest absolute Gasteiger partial charge is 0.0488 e. The third-order valence-electron chi connectivity index (χ3n) is 4.44. The zero-order valence-electron chi connectivity index (χ0n) is 16.6. The van der Waals surface area contributed by atoms with Crippen molar-refractivity contribution in [2.75, 3.05) is 0 Å². The Labute approximate surface area is 177 Å². The van der Waals surface area contributed by atoms with Crippen LogP contribution in [-0.4, -0.2) is 3.76 Å². The molecule has 0 aliphatic carbocycles. The first kappa shape index (κ1) is 22.3. The molecule has 0 heterocycles. The van der Waals surface area contributed by atoms with Crippen LogP contribution in [0.5, 0.6) is 0 Å². The van der Waals surface area contributed by atoms with E-state index in [1.54, 1.807) is 0 Å². The van der Waals surface area contributed by atoms with Crippen LogP contribution in [0.25, 0.3) is 21.5 Å². The van der Waals surface area contributed by atoms with Crippen LogP contribution in [0.3, 0.4) is 0 Å². The van der Waals surface area contributed by atoms with Gasteiger partial charge < -0.3 is 0 Å². The van der Waals surface area contributed by atoms with Crippen molar-refractivity contribution in [1.29, 1.82) is 0 Å². The molecule has 0 unspecified atom stereocenters. The molecule has 4 aromatic rings. The van der Waals surface area contributed by atoms with E-state index in [0.29, 0.717) is 0 Å². The maximum Gasteiger partial charge on any atom is -0.0488 e. The van der Waals surface area contributed by atoms with Crippen molar-refractivity contribution in [3.8, 4) is 0 Å². The third kappa shape index (κ3) is 6.52. The Hall–Kier alpha value is -1.02. The standard InChI is InChI=1S/2C11H11.C2H4.2ClH.Hf/c2*1-8-6-10-5-3-4-9(2)11(10)7-8;1-2;;;/h2*3-7H,1-2H3;1H,2H3;2*1H;/q2*-1;;;;+2/p-2. The third-order valence-corrected chi connectivity index (χ3v) is 9.58. The average Bonchev–Trinajstić information content (AvgIpc) is 3.19. The zero-order chi connectivity index (χ0) is 20.0. The van der Waals surface area contributed by atoms with E-state index < -0.39 is 18.6 Å². The molecule has 0 nitrogen and oxygen atoms in total.